The van der Waals surface area contributed by atoms with Crippen LogP contribution < -0.4 is 0 Å². The molecule has 6 nitrogen and oxygen atoms in total. The Morgan fingerprint density at radius 1 is 1.06 bits per heavy atom. The lowest BCUT2D eigenvalue weighted by Crippen LogP contribution is -2.24. The van der Waals surface area contributed by atoms with Gasteiger partial charge in [-0.25, -0.2) is 9.78 Å². The third kappa shape index (κ3) is 2.00. The van der Waals surface area contributed by atoms with E-state index in [1.807, 2.05) is 0 Å². The third-order valence-electron chi connectivity index (χ3n) is 2.08. The van der Waals surface area contributed by atoms with Gasteiger partial charge in [0.2, 0.25) is 0 Å². The summed E-state index contributed by atoms with van der Waals surface area (Å²) in [6.45, 7) is 0. The lowest BCUT2D eigenvalue weighted by Gasteiger charge is -1.98. The smallest absolute Gasteiger partial charge is 0.380 e. The maximum Gasteiger partial charge on any atom is 0.380 e. The molecular formula is C11H6N2O4. The van der Waals surface area contributed by atoms with Gasteiger partial charge in [-0.3, -0.25) is 14.6 Å². The fraction of sp³-hybridized carbons (Fsp3) is 0. The van der Waals surface area contributed by atoms with Gasteiger partial charge in [-0.15, -0.1) is 0 Å². The minimum absolute atomic E-state index is 0.267. The molecule has 0 aliphatic heterocycles. The van der Waals surface area contributed by atoms with Crippen molar-refractivity contribution in [1.82, 2.24) is 9.97 Å². The molecule has 2 aromatic rings. The predicted octanol–water partition coefficient (Wildman–Crippen LogP) is 0.466. The van der Waals surface area contributed by atoms with Gasteiger partial charge in [-0.1, -0.05) is 12.1 Å². The van der Waals surface area contributed by atoms with E-state index in [-0.39, 0.29) is 5.69 Å². The Bertz CT molecular complexity index is 636. The number of rotatable bonds is 3. The predicted molar refractivity (Wildman–Crippen MR) is 56.5 cm³/mol. The minimum atomic E-state index is -1.80. The molecule has 2 rings (SSSR count). The topological polar surface area (TPSA) is 97.2 Å². The van der Waals surface area contributed by atoms with Crippen LogP contribution in [0.1, 0.15) is 10.5 Å². The molecule has 0 saturated carbocycles. The number of carboxylic acids is 1. The summed E-state index contributed by atoms with van der Waals surface area (Å²) in [6.07, 6.45) is 1.09. The zero-order valence-electron chi connectivity index (χ0n) is 8.45. The number of aromatic nitrogens is 2. The van der Waals surface area contributed by atoms with E-state index < -0.39 is 17.5 Å². The molecule has 1 N–H and O–H groups in total. The first-order valence-electron chi connectivity index (χ1n) is 4.63. The van der Waals surface area contributed by atoms with Crippen LogP contribution in [0.4, 0.5) is 0 Å². The first kappa shape index (κ1) is 10.9. The Kier molecular flexibility index (Phi) is 2.61. The van der Waals surface area contributed by atoms with Crippen LogP contribution in [0.15, 0.2) is 30.5 Å². The molecule has 6 heteroatoms. The van der Waals surface area contributed by atoms with E-state index in [9.17, 15) is 14.4 Å². The summed E-state index contributed by atoms with van der Waals surface area (Å²) in [7, 11) is 0. The Morgan fingerprint density at radius 2 is 1.71 bits per heavy atom. The first-order chi connectivity index (χ1) is 8.09. The van der Waals surface area contributed by atoms with E-state index >= 15 is 0 Å². The van der Waals surface area contributed by atoms with E-state index in [1.54, 1.807) is 24.3 Å². The molecule has 1 aromatic heterocycles. The number of hydrogen-bond acceptors (Lipinski definition) is 5. The van der Waals surface area contributed by atoms with Crippen molar-refractivity contribution in [2.24, 2.45) is 0 Å². The van der Waals surface area contributed by atoms with E-state index in [4.69, 9.17) is 5.11 Å². The van der Waals surface area contributed by atoms with Gasteiger partial charge in [-0.05, 0) is 12.1 Å². The molecular weight excluding hydrogens is 224 g/mol. The lowest BCUT2D eigenvalue weighted by molar-refractivity contribution is -0.146. The van der Waals surface area contributed by atoms with Gasteiger partial charge >= 0.3 is 11.8 Å². The maximum absolute atomic E-state index is 11.4. The van der Waals surface area contributed by atoms with Gasteiger partial charge in [0.05, 0.1) is 17.2 Å². The summed E-state index contributed by atoms with van der Waals surface area (Å²) in [5.74, 6) is -4.49. The van der Waals surface area contributed by atoms with E-state index in [0.29, 0.717) is 11.0 Å². The van der Waals surface area contributed by atoms with Gasteiger partial charge in [0.25, 0.3) is 5.78 Å². The monoisotopic (exact) mass is 230 g/mol. The van der Waals surface area contributed by atoms with E-state index in [0.717, 1.165) is 6.20 Å². The molecule has 1 aromatic carbocycles. The standard InChI is InChI=1S/C11H6N2O4/c14-9(10(15)11(16)17)8-5-12-6-3-1-2-4-7(6)13-8/h1-5H,(H,16,17). The summed E-state index contributed by atoms with van der Waals surface area (Å²) >= 11 is 0. The molecule has 1 heterocycles. The third-order valence-corrected chi connectivity index (χ3v) is 2.08. The van der Waals surface area contributed by atoms with Crippen molar-refractivity contribution in [3.8, 4) is 0 Å². The van der Waals surface area contributed by atoms with Crippen molar-refractivity contribution >= 4 is 28.6 Å². The van der Waals surface area contributed by atoms with Crippen molar-refractivity contribution in [3.05, 3.63) is 36.2 Å². The largest absolute Gasteiger partial charge is 0.475 e. The number of carbonyl (C=O) groups is 3. The number of para-hydroxylation sites is 2. The van der Waals surface area contributed by atoms with Crippen LogP contribution in [0.5, 0.6) is 0 Å². The lowest BCUT2D eigenvalue weighted by atomic mass is 10.2. The molecule has 0 radical (unpaired) electrons. The van der Waals surface area contributed by atoms with Crippen LogP contribution in [0.25, 0.3) is 11.0 Å². The Balaban J connectivity index is 2.47. The Morgan fingerprint density at radius 3 is 2.35 bits per heavy atom. The second-order valence-electron chi connectivity index (χ2n) is 3.21. The first-order valence-corrected chi connectivity index (χ1v) is 4.63. The number of Topliss-reactive ketones (excluding diaryl/α,β-unsaturated/α-hetero) is 2. The number of aliphatic carboxylic acids is 1. The van der Waals surface area contributed by atoms with Gasteiger partial charge in [0.1, 0.15) is 5.69 Å². The molecule has 0 spiro atoms. The number of nitrogens with zero attached hydrogens (tertiary/aromatic N) is 2. The van der Waals surface area contributed by atoms with Crippen molar-refractivity contribution < 1.29 is 19.5 Å². The number of carboxylic acid groups (broad SMARTS) is 1. The van der Waals surface area contributed by atoms with Crippen LogP contribution >= 0.6 is 0 Å². The average molecular weight is 230 g/mol. The fourth-order valence-corrected chi connectivity index (χ4v) is 1.28. The van der Waals surface area contributed by atoms with Crippen molar-refractivity contribution in [3.63, 3.8) is 0 Å². The zero-order valence-corrected chi connectivity index (χ0v) is 8.45. The quantitative estimate of drug-likeness (QED) is 0.467. The summed E-state index contributed by atoms with van der Waals surface area (Å²) in [5.41, 5.74) is 0.722. The van der Waals surface area contributed by atoms with Gasteiger partial charge in [0, 0.05) is 0 Å². The number of carbonyl (C=O) groups excluding carboxylic acids is 2. The van der Waals surface area contributed by atoms with Crippen LogP contribution in [0.2, 0.25) is 0 Å². The fourth-order valence-electron chi connectivity index (χ4n) is 1.28. The normalized spacial score (nSPS) is 10.1. The van der Waals surface area contributed by atoms with E-state index in [1.165, 1.54) is 0 Å². The zero-order chi connectivity index (χ0) is 12.4. The summed E-state index contributed by atoms with van der Waals surface area (Å²) in [4.78, 5) is 40.5. The van der Waals surface area contributed by atoms with Crippen molar-refractivity contribution in [2.75, 3.05) is 0 Å². The number of ketones is 2. The summed E-state index contributed by atoms with van der Waals surface area (Å²) in [6, 6.07) is 6.76. The second kappa shape index (κ2) is 4.09. The highest BCUT2D eigenvalue weighted by atomic mass is 16.4. The molecule has 84 valence electrons. The van der Waals surface area contributed by atoms with Crippen molar-refractivity contribution in [1.29, 1.82) is 0 Å². The second-order valence-corrected chi connectivity index (χ2v) is 3.21. The molecule has 0 bridgehead atoms. The number of benzene rings is 1. The van der Waals surface area contributed by atoms with Crippen LogP contribution in [0.3, 0.4) is 0 Å². The van der Waals surface area contributed by atoms with Crippen LogP contribution in [0, 0.1) is 0 Å². The minimum Gasteiger partial charge on any atom is -0.475 e. The van der Waals surface area contributed by atoms with E-state index in [2.05, 4.69) is 9.97 Å². The Hall–Kier alpha value is -2.63. The molecule has 0 saturated heterocycles. The van der Waals surface area contributed by atoms with Gasteiger partial charge in [-0.2, -0.15) is 0 Å². The highest BCUT2D eigenvalue weighted by molar-refractivity contribution is 6.64. The molecule has 0 aliphatic rings. The Labute approximate surface area is 94.9 Å². The van der Waals surface area contributed by atoms with Gasteiger partial charge in [0.15, 0.2) is 0 Å². The molecule has 17 heavy (non-hydrogen) atoms. The SMILES string of the molecule is O=C(O)C(=O)C(=O)c1cnc2ccccc2n1. The number of fused-ring (bicyclic) bond motifs is 1. The molecule has 0 unspecified atom stereocenters. The average Bonchev–Trinajstić information content (AvgIpc) is 2.36. The maximum atomic E-state index is 11.4. The molecule has 0 aliphatic carbocycles. The van der Waals surface area contributed by atoms with Crippen LogP contribution in [-0.2, 0) is 9.59 Å². The summed E-state index contributed by atoms with van der Waals surface area (Å²) < 4.78 is 0. The van der Waals surface area contributed by atoms with Crippen LogP contribution in [-0.4, -0.2) is 32.6 Å². The number of hydrogen-bond donors (Lipinski definition) is 1. The van der Waals surface area contributed by atoms with Gasteiger partial charge < -0.3 is 5.11 Å². The summed E-state index contributed by atoms with van der Waals surface area (Å²) in [5, 5.41) is 8.41. The molecule has 0 fully saturated rings. The molecule has 0 atom stereocenters. The highest BCUT2D eigenvalue weighted by Crippen LogP contribution is 2.08. The highest BCUT2D eigenvalue weighted by Gasteiger charge is 2.24. The molecule has 0 amide bonds. The van der Waals surface area contributed by atoms with Crippen molar-refractivity contribution in [2.45, 2.75) is 0 Å².